The van der Waals surface area contributed by atoms with Gasteiger partial charge in [-0.2, -0.15) is 0 Å². The number of unbranched alkanes of at least 4 members (excludes halogenated alkanes) is 3. The van der Waals surface area contributed by atoms with Gasteiger partial charge in [0.2, 0.25) is 0 Å². The second kappa shape index (κ2) is 15.9. The molecule has 0 spiro atoms. The minimum absolute atomic E-state index is 0.839. The molecule has 0 atom stereocenters. The Kier molecular flexibility index (Phi) is 15.8. The Hall–Kier alpha value is -0.121. The topological polar surface area (TPSA) is 25.8 Å². The molecule has 1 aromatic rings. The third-order valence-corrected chi connectivity index (χ3v) is 12.2. The van der Waals surface area contributed by atoms with Crippen LogP contribution in [0.5, 0.6) is 0 Å². The van der Waals surface area contributed by atoms with Crippen molar-refractivity contribution in [2.45, 2.75) is 72.6 Å². The van der Waals surface area contributed by atoms with Crippen LogP contribution in [0.2, 0.25) is 13.3 Å². The first kappa shape index (κ1) is 18.9. The Labute approximate surface area is 127 Å². The van der Waals surface area contributed by atoms with Crippen molar-refractivity contribution >= 4 is 19.8 Å². The molecular formula is C16H31N2Sn. The van der Waals surface area contributed by atoms with Gasteiger partial charge in [0, 0.05) is 24.8 Å². The Morgan fingerprint density at radius 3 is 1.16 bits per heavy atom. The number of hydrogen-bond acceptors (Lipinski definition) is 2. The van der Waals surface area contributed by atoms with Crippen LogP contribution in [0.3, 0.4) is 0 Å². The van der Waals surface area contributed by atoms with Crippen molar-refractivity contribution in [2.24, 2.45) is 0 Å². The SMILES string of the molecule is CCC[CH2][Sn]([CH2]CCC)[CH2]CCC.c1cnccn1. The predicted octanol–water partition coefficient (Wildman–Crippen LogP) is 5.36. The monoisotopic (exact) mass is 371 g/mol. The van der Waals surface area contributed by atoms with Gasteiger partial charge in [0.1, 0.15) is 0 Å². The summed E-state index contributed by atoms with van der Waals surface area (Å²) in [5.41, 5.74) is 0. The Balaban J connectivity index is 0.000000443. The summed E-state index contributed by atoms with van der Waals surface area (Å²) in [5, 5.41) is 0. The largest absolute Gasteiger partial charge is 0.262 e. The molecule has 1 radical (unpaired) electrons. The molecule has 0 aliphatic rings. The Morgan fingerprint density at radius 2 is 0.947 bits per heavy atom. The minimum atomic E-state index is -0.839. The van der Waals surface area contributed by atoms with Crippen molar-refractivity contribution < 1.29 is 0 Å². The van der Waals surface area contributed by atoms with Gasteiger partial charge < -0.3 is 0 Å². The van der Waals surface area contributed by atoms with Crippen LogP contribution in [0, 0.1) is 0 Å². The maximum atomic E-state index is 3.72. The van der Waals surface area contributed by atoms with Crippen LogP contribution in [0.1, 0.15) is 59.3 Å². The van der Waals surface area contributed by atoms with Gasteiger partial charge in [-0.15, -0.1) is 0 Å². The average Bonchev–Trinajstić information content (AvgIpc) is 2.49. The van der Waals surface area contributed by atoms with Gasteiger partial charge >= 0.3 is 92.4 Å². The molecule has 0 saturated heterocycles. The van der Waals surface area contributed by atoms with Crippen molar-refractivity contribution in [3.63, 3.8) is 0 Å². The van der Waals surface area contributed by atoms with Gasteiger partial charge in [-0.1, -0.05) is 0 Å². The molecule has 109 valence electrons. The van der Waals surface area contributed by atoms with Crippen molar-refractivity contribution in [3.8, 4) is 0 Å². The summed E-state index contributed by atoms with van der Waals surface area (Å²) in [5.74, 6) is 0. The number of aromatic nitrogens is 2. The third-order valence-electron chi connectivity index (χ3n) is 3.13. The molecule has 0 aliphatic carbocycles. The molecule has 0 saturated carbocycles. The van der Waals surface area contributed by atoms with E-state index in [4.69, 9.17) is 0 Å². The van der Waals surface area contributed by atoms with Crippen molar-refractivity contribution in [2.75, 3.05) is 0 Å². The number of nitrogens with zero attached hydrogens (tertiary/aromatic N) is 2. The summed E-state index contributed by atoms with van der Waals surface area (Å²) in [6.45, 7) is 7.00. The van der Waals surface area contributed by atoms with E-state index in [1.807, 2.05) is 0 Å². The van der Waals surface area contributed by atoms with Gasteiger partial charge in [0.15, 0.2) is 0 Å². The first-order chi connectivity index (χ1) is 9.35. The Bertz CT molecular complexity index is 208. The molecule has 19 heavy (non-hydrogen) atoms. The summed E-state index contributed by atoms with van der Waals surface area (Å²) in [7, 11) is 0. The van der Waals surface area contributed by atoms with Gasteiger partial charge in [-0.05, 0) is 0 Å². The maximum Gasteiger partial charge on any atom is 0.0451 e. The molecule has 0 aromatic carbocycles. The fourth-order valence-electron chi connectivity index (χ4n) is 1.91. The summed E-state index contributed by atoms with van der Waals surface area (Å²) in [6, 6.07) is 0. The fraction of sp³-hybridized carbons (Fsp3) is 0.750. The molecule has 0 unspecified atom stereocenters. The first-order valence-electron chi connectivity index (χ1n) is 7.88. The molecular weight excluding hydrogens is 339 g/mol. The normalized spacial score (nSPS) is 10.1. The second-order valence-corrected chi connectivity index (χ2v) is 13.5. The van der Waals surface area contributed by atoms with Crippen LogP contribution in [0.4, 0.5) is 0 Å². The second-order valence-electron chi connectivity index (χ2n) is 4.96. The van der Waals surface area contributed by atoms with Crippen LogP contribution in [0.25, 0.3) is 0 Å². The quantitative estimate of drug-likeness (QED) is 0.547. The van der Waals surface area contributed by atoms with Crippen molar-refractivity contribution in [1.82, 2.24) is 9.97 Å². The number of rotatable bonds is 9. The maximum absolute atomic E-state index is 3.72. The molecule has 0 N–H and O–H groups in total. The van der Waals surface area contributed by atoms with Gasteiger partial charge in [-0.25, -0.2) is 0 Å². The van der Waals surface area contributed by atoms with Crippen molar-refractivity contribution in [3.05, 3.63) is 24.8 Å². The summed E-state index contributed by atoms with van der Waals surface area (Å²) in [4.78, 5) is 7.44. The zero-order valence-corrected chi connectivity index (χ0v) is 15.9. The standard InChI is InChI=1S/C4H4N2.3C4H9.Sn/c1-2-6-4-3-5-1;3*1-3-4-2;/h1-4H;3*1,3-4H2,2H3;. The van der Waals surface area contributed by atoms with Gasteiger partial charge in [0.05, 0.1) is 0 Å². The predicted molar refractivity (Wildman–Crippen MR) is 86.9 cm³/mol. The van der Waals surface area contributed by atoms with Crippen LogP contribution < -0.4 is 0 Å². The molecule has 0 aliphatic heterocycles. The smallest absolute Gasteiger partial charge is 0.0451 e. The molecule has 1 heterocycles. The van der Waals surface area contributed by atoms with Gasteiger partial charge in [-0.3, -0.25) is 9.97 Å². The van der Waals surface area contributed by atoms with E-state index in [0.717, 1.165) is 0 Å². The molecule has 0 amide bonds. The van der Waals surface area contributed by atoms with Crippen LogP contribution in [0.15, 0.2) is 24.8 Å². The molecule has 2 nitrogen and oxygen atoms in total. The van der Waals surface area contributed by atoms with E-state index in [2.05, 4.69) is 30.7 Å². The summed E-state index contributed by atoms with van der Waals surface area (Å²) in [6.07, 6.45) is 15.4. The number of hydrogen-bond donors (Lipinski definition) is 0. The summed E-state index contributed by atoms with van der Waals surface area (Å²) < 4.78 is 5.04. The van der Waals surface area contributed by atoms with E-state index >= 15 is 0 Å². The zero-order chi connectivity index (χ0) is 14.2. The first-order valence-corrected chi connectivity index (χ1v) is 13.9. The van der Waals surface area contributed by atoms with E-state index in [1.165, 1.54) is 38.5 Å². The van der Waals surface area contributed by atoms with E-state index in [1.54, 1.807) is 38.1 Å². The zero-order valence-electron chi connectivity index (χ0n) is 13.1. The van der Waals surface area contributed by atoms with Crippen molar-refractivity contribution in [1.29, 1.82) is 0 Å². The van der Waals surface area contributed by atoms with Crippen LogP contribution >= 0.6 is 0 Å². The van der Waals surface area contributed by atoms with E-state index in [-0.39, 0.29) is 0 Å². The molecule has 1 aromatic heterocycles. The fourth-order valence-corrected chi connectivity index (χ4v) is 11.4. The average molecular weight is 370 g/mol. The van der Waals surface area contributed by atoms with E-state index in [9.17, 15) is 0 Å². The molecule has 0 fully saturated rings. The van der Waals surface area contributed by atoms with E-state index < -0.39 is 19.8 Å². The Morgan fingerprint density at radius 1 is 0.632 bits per heavy atom. The third kappa shape index (κ3) is 14.1. The van der Waals surface area contributed by atoms with Gasteiger partial charge in [0.25, 0.3) is 0 Å². The molecule has 0 bridgehead atoms. The molecule has 3 heteroatoms. The molecule has 1 rings (SSSR count). The van der Waals surface area contributed by atoms with Crippen LogP contribution in [-0.4, -0.2) is 29.7 Å². The summed E-state index contributed by atoms with van der Waals surface area (Å²) >= 11 is -0.839. The van der Waals surface area contributed by atoms with E-state index in [0.29, 0.717) is 0 Å². The van der Waals surface area contributed by atoms with Crippen LogP contribution in [-0.2, 0) is 0 Å². The minimum Gasteiger partial charge on any atom is -0.262 e.